The summed E-state index contributed by atoms with van der Waals surface area (Å²) in [5.41, 5.74) is 3.07. The van der Waals surface area contributed by atoms with E-state index >= 15 is 0 Å². The summed E-state index contributed by atoms with van der Waals surface area (Å²) in [7, 11) is 3.25. The quantitative estimate of drug-likeness (QED) is 0.318. The van der Waals surface area contributed by atoms with Crippen LogP contribution in [-0.2, 0) is 27.3 Å². The summed E-state index contributed by atoms with van der Waals surface area (Å²) in [4.78, 5) is 23.1. The summed E-state index contributed by atoms with van der Waals surface area (Å²) in [5.74, 6) is 1.45. The smallest absolute Gasteiger partial charge is 0.268 e. The SMILES string of the molecule is C=O.CCCCc1ccc(OCCC2Oc3ccccc3N(Cc3cccc(Cl)c3)C2=O)cc1.COC. The van der Waals surface area contributed by atoms with Crippen molar-refractivity contribution >= 4 is 30.0 Å². The second-order valence-corrected chi connectivity index (χ2v) is 8.86. The summed E-state index contributed by atoms with van der Waals surface area (Å²) in [6, 6.07) is 23.4. The van der Waals surface area contributed by atoms with Crippen molar-refractivity contribution in [3.63, 3.8) is 0 Å². The van der Waals surface area contributed by atoms with Crippen molar-refractivity contribution in [3.8, 4) is 11.5 Å². The van der Waals surface area contributed by atoms with Gasteiger partial charge >= 0.3 is 0 Å². The number of unbranched alkanes of at least 4 members (excludes halogenated alkanes) is 1. The van der Waals surface area contributed by atoms with E-state index in [9.17, 15) is 4.79 Å². The number of hydrogen-bond donors (Lipinski definition) is 0. The molecule has 1 amide bonds. The lowest BCUT2D eigenvalue weighted by Gasteiger charge is -2.34. The van der Waals surface area contributed by atoms with Gasteiger partial charge in [0.25, 0.3) is 5.91 Å². The van der Waals surface area contributed by atoms with E-state index in [2.05, 4.69) is 23.8 Å². The van der Waals surface area contributed by atoms with Gasteiger partial charge in [0.05, 0.1) is 18.8 Å². The molecule has 37 heavy (non-hydrogen) atoms. The van der Waals surface area contributed by atoms with E-state index in [1.54, 1.807) is 19.1 Å². The fourth-order valence-electron chi connectivity index (χ4n) is 3.86. The Hall–Kier alpha value is -3.35. The average Bonchev–Trinajstić information content (AvgIpc) is 2.92. The summed E-state index contributed by atoms with van der Waals surface area (Å²) in [5, 5.41) is 0.655. The molecule has 1 heterocycles. The number of benzene rings is 3. The maximum absolute atomic E-state index is 13.3. The van der Waals surface area contributed by atoms with E-state index in [-0.39, 0.29) is 5.91 Å². The first-order chi connectivity index (χ1) is 18.0. The molecule has 4 rings (SSSR count). The van der Waals surface area contributed by atoms with Gasteiger partial charge in [-0.25, -0.2) is 0 Å². The average molecular weight is 526 g/mol. The van der Waals surface area contributed by atoms with Crippen LogP contribution in [0.5, 0.6) is 11.5 Å². The lowest BCUT2D eigenvalue weighted by molar-refractivity contribution is -0.127. The van der Waals surface area contributed by atoms with Crippen LogP contribution in [0.2, 0.25) is 5.02 Å². The summed E-state index contributed by atoms with van der Waals surface area (Å²) in [6.07, 6.45) is 3.34. The van der Waals surface area contributed by atoms with Gasteiger partial charge in [-0.3, -0.25) is 4.79 Å². The van der Waals surface area contributed by atoms with Gasteiger partial charge in [0.2, 0.25) is 0 Å². The molecule has 0 N–H and O–H groups in total. The predicted octanol–water partition coefficient (Wildman–Crippen LogP) is 6.52. The normalized spacial score (nSPS) is 13.8. The standard InChI is InChI=1S/C27H28ClNO3.C2H6O.CH2O/c1-2-3-7-20-12-14-23(15-13-20)31-17-16-26-27(30)29(19-21-8-6-9-22(28)18-21)24-10-4-5-11-25(24)32-26;1-3-2;1-2/h4-6,8-15,18,26H,2-3,7,16-17,19H2,1H3;1-2H3;1H2. The molecular weight excluding hydrogens is 490 g/mol. The van der Waals surface area contributed by atoms with Crippen LogP contribution in [0, 0.1) is 0 Å². The number of nitrogens with zero attached hydrogens (tertiary/aromatic N) is 1. The Morgan fingerprint density at radius 3 is 2.35 bits per heavy atom. The summed E-state index contributed by atoms with van der Waals surface area (Å²) < 4.78 is 16.2. The molecule has 1 unspecified atom stereocenters. The highest BCUT2D eigenvalue weighted by Crippen LogP contribution is 2.35. The number of ether oxygens (including phenoxy) is 3. The Balaban J connectivity index is 0.000000898. The Morgan fingerprint density at radius 2 is 1.68 bits per heavy atom. The first kappa shape index (κ1) is 29.9. The van der Waals surface area contributed by atoms with Crippen molar-refractivity contribution < 1.29 is 23.8 Å². The number of aryl methyl sites for hydroxylation is 1. The van der Waals surface area contributed by atoms with Gasteiger partial charge in [-0.05, 0) is 60.4 Å². The second-order valence-electron chi connectivity index (χ2n) is 8.42. The maximum atomic E-state index is 13.3. The van der Waals surface area contributed by atoms with Crippen molar-refractivity contribution in [2.24, 2.45) is 0 Å². The van der Waals surface area contributed by atoms with Crippen LogP contribution in [0.1, 0.15) is 37.3 Å². The zero-order valence-electron chi connectivity index (χ0n) is 21.8. The molecule has 0 saturated heterocycles. The number of anilines is 1. The molecule has 0 bridgehead atoms. The van der Waals surface area contributed by atoms with Gasteiger partial charge in [-0.1, -0.05) is 61.3 Å². The van der Waals surface area contributed by atoms with Crippen LogP contribution in [0.15, 0.2) is 72.8 Å². The highest BCUT2D eigenvalue weighted by molar-refractivity contribution is 6.30. The lowest BCUT2D eigenvalue weighted by atomic mass is 10.1. The topological polar surface area (TPSA) is 65.1 Å². The second kappa shape index (κ2) is 16.4. The number of methoxy groups -OCH3 is 1. The Kier molecular flexibility index (Phi) is 13.2. The number of fused-ring (bicyclic) bond motifs is 1. The molecule has 0 spiro atoms. The van der Waals surface area contributed by atoms with Gasteiger partial charge in [0.1, 0.15) is 18.3 Å². The molecule has 1 aliphatic heterocycles. The molecule has 0 saturated carbocycles. The largest absolute Gasteiger partial charge is 0.493 e. The Bertz CT molecular complexity index is 1090. The molecule has 0 aliphatic carbocycles. The van der Waals surface area contributed by atoms with Crippen LogP contribution in [0.4, 0.5) is 5.69 Å². The molecule has 198 valence electrons. The number of rotatable bonds is 9. The fourth-order valence-corrected chi connectivity index (χ4v) is 4.07. The molecule has 0 fully saturated rings. The van der Waals surface area contributed by atoms with E-state index in [0.29, 0.717) is 30.3 Å². The molecule has 3 aromatic rings. The third-order valence-corrected chi connectivity index (χ3v) is 5.82. The zero-order valence-corrected chi connectivity index (χ0v) is 22.6. The van der Waals surface area contributed by atoms with Crippen molar-refractivity contribution in [2.75, 3.05) is 25.7 Å². The van der Waals surface area contributed by atoms with Crippen molar-refractivity contribution in [2.45, 2.75) is 45.3 Å². The van der Waals surface area contributed by atoms with Crippen LogP contribution in [0.3, 0.4) is 0 Å². The molecule has 0 aromatic heterocycles. The predicted molar refractivity (Wildman–Crippen MR) is 149 cm³/mol. The number of carbonyl (C=O) groups is 2. The third-order valence-electron chi connectivity index (χ3n) is 5.59. The molecule has 7 heteroatoms. The monoisotopic (exact) mass is 525 g/mol. The highest BCUT2D eigenvalue weighted by Gasteiger charge is 2.34. The van der Waals surface area contributed by atoms with Crippen LogP contribution >= 0.6 is 11.6 Å². The Morgan fingerprint density at radius 1 is 0.973 bits per heavy atom. The van der Waals surface area contributed by atoms with Crippen LogP contribution < -0.4 is 14.4 Å². The molecule has 0 radical (unpaired) electrons. The maximum Gasteiger partial charge on any atom is 0.268 e. The van der Waals surface area contributed by atoms with Gasteiger partial charge in [0.15, 0.2) is 6.10 Å². The first-order valence-electron chi connectivity index (χ1n) is 12.3. The third kappa shape index (κ3) is 9.23. The molecule has 6 nitrogen and oxygen atoms in total. The minimum Gasteiger partial charge on any atom is -0.493 e. The van der Waals surface area contributed by atoms with E-state index < -0.39 is 6.10 Å². The lowest BCUT2D eigenvalue weighted by Crippen LogP contribution is -2.46. The molecular formula is C30H36ClNO5. The molecule has 3 aromatic carbocycles. The summed E-state index contributed by atoms with van der Waals surface area (Å²) in [6.45, 7) is 5.04. The van der Waals surface area contributed by atoms with E-state index in [4.69, 9.17) is 25.9 Å². The van der Waals surface area contributed by atoms with Gasteiger partial charge < -0.3 is 23.9 Å². The van der Waals surface area contributed by atoms with Gasteiger partial charge in [0, 0.05) is 25.7 Å². The van der Waals surface area contributed by atoms with E-state index in [1.807, 2.05) is 67.5 Å². The number of para-hydroxylation sites is 2. The first-order valence-corrected chi connectivity index (χ1v) is 12.7. The Labute approximate surface area is 225 Å². The highest BCUT2D eigenvalue weighted by atomic mass is 35.5. The van der Waals surface area contributed by atoms with Crippen molar-refractivity contribution in [1.82, 2.24) is 0 Å². The zero-order chi connectivity index (χ0) is 27.0. The molecule has 1 atom stereocenters. The van der Waals surface area contributed by atoms with Gasteiger partial charge in [-0.15, -0.1) is 0 Å². The fraction of sp³-hybridized carbons (Fsp3) is 0.333. The van der Waals surface area contributed by atoms with Crippen LogP contribution in [-0.4, -0.2) is 39.6 Å². The molecule has 1 aliphatic rings. The minimum atomic E-state index is -0.590. The van der Waals surface area contributed by atoms with Crippen molar-refractivity contribution in [1.29, 1.82) is 0 Å². The van der Waals surface area contributed by atoms with Gasteiger partial charge in [-0.2, -0.15) is 0 Å². The number of amides is 1. The van der Waals surface area contributed by atoms with E-state index in [1.165, 1.54) is 18.4 Å². The van der Waals surface area contributed by atoms with Crippen molar-refractivity contribution in [3.05, 3.63) is 88.9 Å². The number of hydrogen-bond acceptors (Lipinski definition) is 5. The summed E-state index contributed by atoms with van der Waals surface area (Å²) >= 11 is 6.14. The van der Waals surface area contributed by atoms with E-state index in [0.717, 1.165) is 23.4 Å². The number of halogens is 1. The minimum absolute atomic E-state index is 0.0674. The number of carbonyl (C=O) groups excluding carboxylic acids is 2. The van der Waals surface area contributed by atoms with Crippen LogP contribution in [0.25, 0.3) is 0 Å².